The predicted octanol–water partition coefficient (Wildman–Crippen LogP) is 5.64. The maximum Gasteiger partial charge on any atom is 0.310 e. The molecule has 7 heteroatoms. The lowest BCUT2D eigenvalue weighted by Crippen LogP contribution is -2.19. The zero-order valence-corrected chi connectivity index (χ0v) is 20.2. The lowest BCUT2D eigenvalue weighted by molar-refractivity contribution is -0.139. The molecule has 1 aliphatic rings. The highest BCUT2D eigenvalue weighted by atomic mass is 35.5. The van der Waals surface area contributed by atoms with E-state index in [1.807, 2.05) is 23.6 Å². The van der Waals surface area contributed by atoms with Crippen molar-refractivity contribution >= 4 is 34.2 Å². The molecule has 0 radical (unpaired) electrons. The molecular weight excluding hydrogens is 431 g/mol. The number of esters is 1. The van der Waals surface area contributed by atoms with E-state index in [2.05, 4.69) is 5.32 Å². The van der Waals surface area contributed by atoms with E-state index in [9.17, 15) is 4.79 Å². The van der Waals surface area contributed by atoms with Gasteiger partial charge in [0, 0.05) is 23.5 Å². The number of carbonyl (C=O) groups excluding carboxylic acids is 1. The second-order valence-corrected chi connectivity index (χ2v) is 9.42. The van der Waals surface area contributed by atoms with Crippen LogP contribution < -0.4 is 5.32 Å². The fourth-order valence-electron chi connectivity index (χ4n) is 4.02. The number of halogens is 2. The highest BCUT2D eigenvalue weighted by molar-refractivity contribution is 6.30. The molecule has 0 spiro atoms. The first-order valence-corrected chi connectivity index (χ1v) is 10.9. The Morgan fingerprint density at radius 1 is 1.25 bits per heavy atom. The molecule has 3 aromatic rings. The van der Waals surface area contributed by atoms with E-state index in [4.69, 9.17) is 21.4 Å². The number of rotatable bonds is 3. The summed E-state index contributed by atoms with van der Waals surface area (Å²) in [6, 6.07) is 7.28. The second kappa shape index (κ2) is 9.12. The van der Waals surface area contributed by atoms with E-state index in [-0.39, 0.29) is 18.2 Å². The molecule has 5 nitrogen and oxygen atoms in total. The number of aliphatic hydroxyl groups is 1. The Morgan fingerprint density at radius 3 is 2.41 bits per heavy atom. The van der Waals surface area contributed by atoms with Gasteiger partial charge in [0.2, 0.25) is 0 Å². The van der Waals surface area contributed by atoms with Crippen molar-refractivity contribution in [2.75, 3.05) is 19.0 Å². The molecule has 2 heterocycles. The van der Waals surface area contributed by atoms with Gasteiger partial charge < -0.3 is 19.7 Å². The smallest absolute Gasteiger partial charge is 0.310 e. The zero-order chi connectivity index (χ0) is 23.8. The summed E-state index contributed by atoms with van der Waals surface area (Å²) >= 11 is 6.05. The summed E-state index contributed by atoms with van der Waals surface area (Å²) in [6.45, 7) is 10.4. The number of methoxy groups -OCH3 is 1. The first-order chi connectivity index (χ1) is 14.9. The third kappa shape index (κ3) is 4.76. The average molecular weight is 461 g/mol. The van der Waals surface area contributed by atoms with Crippen LogP contribution in [-0.2, 0) is 22.5 Å². The first kappa shape index (κ1) is 24.1. The fourth-order valence-corrected chi connectivity index (χ4v) is 4.15. The highest BCUT2D eigenvalue weighted by Crippen LogP contribution is 2.44. The standard InChI is InChI=1S/C21H20ClFN2O2.C4H10O/c1-11-15(10-16(26)27-3)17(13-4-6-14(22)7-5-13)18-19(23)12(2)25-9-8-24-20(11)21(18)25;1-4(2,3)5/h4-7,24H,8-10H2,1-3H3;5H,1-3H3. The van der Waals surface area contributed by atoms with E-state index in [0.29, 0.717) is 22.6 Å². The molecule has 1 aromatic heterocycles. The number of nitrogens with one attached hydrogen (secondary N) is 1. The molecule has 0 saturated heterocycles. The van der Waals surface area contributed by atoms with Crippen LogP contribution in [0.15, 0.2) is 24.3 Å². The van der Waals surface area contributed by atoms with Crippen molar-refractivity contribution in [3.8, 4) is 11.1 Å². The Morgan fingerprint density at radius 2 is 1.84 bits per heavy atom. The van der Waals surface area contributed by atoms with Crippen molar-refractivity contribution in [1.29, 1.82) is 0 Å². The third-order valence-corrected chi connectivity index (χ3v) is 5.64. The van der Waals surface area contributed by atoms with Gasteiger partial charge in [-0.3, -0.25) is 4.79 Å². The molecule has 0 atom stereocenters. The van der Waals surface area contributed by atoms with Crippen LogP contribution in [0, 0.1) is 19.7 Å². The summed E-state index contributed by atoms with van der Waals surface area (Å²) in [5.74, 6) is -0.599. The van der Waals surface area contributed by atoms with Crippen LogP contribution in [0.2, 0.25) is 5.02 Å². The van der Waals surface area contributed by atoms with Gasteiger partial charge in [0.1, 0.15) is 0 Å². The van der Waals surface area contributed by atoms with Gasteiger partial charge in [-0.1, -0.05) is 23.7 Å². The summed E-state index contributed by atoms with van der Waals surface area (Å²) in [4.78, 5) is 12.1. The van der Waals surface area contributed by atoms with Gasteiger partial charge in [-0.15, -0.1) is 0 Å². The zero-order valence-electron chi connectivity index (χ0n) is 19.4. The van der Waals surface area contributed by atoms with Gasteiger partial charge in [-0.2, -0.15) is 0 Å². The lowest BCUT2D eigenvalue weighted by Gasteiger charge is -2.24. The SMILES string of the molecule is CC(C)(C)O.COC(=O)Cc1c(C)c2c3c(c(F)c(C)n3CCN2)c1-c1ccc(Cl)cc1. The third-order valence-electron chi connectivity index (χ3n) is 5.38. The normalized spacial score (nSPS) is 12.8. The second-order valence-electron chi connectivity index (χ2n) is 8.99. The van der Waals surface area contributed by atoms with Crippen molar-refractivity contribution in [2.45, 2.75) is 53.2 Å². The van der Waals surface area contributed by atoms with E-state index in [1.54, 1.807) is 39.8 Å². The lowest BCUT2D eigenvalue weighted by atomic mass is 9.89. The molecule has 0 saturated carbocycles. The average Bonchev–Trinajstić information content (AvgIpc) is 2.97. The van der Waals surface area contributed by atoms with Gasteiger partial charge in [0.05, 0.1) is 36.0 Å². The summed E-state index contributed by atoms with van der Waals surface area (Å²) in [5.41, 5.74) is 5.13. The molecule has 0 bridgehead atoms. The number of hydrogen-bond donors (Lipinski definition) is 2. The van der Waals surface area contributed by atoms with E-state index >= 15 is 4.39 Å². The number of aromatic nitrogens is 1. The minimum Gasteiger partial charge on any atom is -0.469 e. The number of ether oxygens (including phenoxy) is 1. The van der Waals surface area contributed by atoms with Crippen molar-refractivity contribution in [2.24, 2.45) is 0 Å². The summed E-state index contributed by atoms with van der Waals surface area (Å²) in [6.07, 6.45) is 0.0780. The number of benzene rings is 2. The Hall–Kier alpha value is -2.57. The molecule has 2 N–H and O–H groups in total. The van der Waals surface area contributed by atoms with Gasteiger partial charge in [-0.05, 0) is 69.0 Å². The van der Waals surface area contributed by atoms with Crippen LogP contribution in [0.1, 0.15) is 37.6 Å². The monoisotopic (exact) mass is 460 g/mol. The number of nitrogens with zero attached hydrogens (tertiary/aromatic N) is 1. The minimum absolute atomic E-state index is 0.0780. The Bertz CT molecular complexity index is 1160. The molecule has 0 unspecified atom stereocenters. The van der Waals surface area contributed by atoms with Crippen molar-refractivity contribution in [3.63, 3.8) is 0 Å². The van der Waals surface area contributed by atoms with Gasteiger partial charge >= 0.3 is 5.97 Å². The van der Waals surface area contributed by atoms with Crippen LogP contribution in [0.25, 0.3) is 22.0 Å². The molecule has 0 fully saturated rings. The van der Waals surface area contributed by atoms with Crippen molar-refractivity contribution < 1.29 is 19.0 Å². The van der Waals surface area contributed by atoms with Gasteiger partial charge in [-0.25, -0.2) is 4.39 Å². The molecule has 2 aromatic carbocycles. The summed E-state index contributed by atoms with van der Waals surface area (Å²) < 4.78 is 22.3. The first-order valence-electron chi connectivity index (χ1n) is 10.6. The summed E-state index contributed by atoms with van der Waals surface area (Å²) in [5, 5.41) is 13.1. The topological polar surface area (TPSA) is 63.5 Å². The molecule has 0 aliphatic carbocycles. The van der Waals surface area contributed by atoms with Crippen molar-refractivity contribution in [3.05, 3.63) is 51.9 Å². The quantitative estimate of drug-likeness (QED) is 0.497. The fraction of sp³-hybridized carbons (Fsp3) is 0.400. The van der Waals surface area contributed by atoms with Crippen molar-refractivity contribution in [1.82, 2.24) is 4.57 Å². The van der Waals surface area contributed by atoms with Crippen LogP contribution in [0.5, 0.6) is 0 Å². The Balaban J connectivity index is 0.000000523. The van der Waals surface area contributed by atoms with Gasteiger partial charge in [0.15, 0.2) is 5.82 Å². The van der Waals surface area contributed by atoms with Crippen LogP contribution in [0.3, 0.4) is 0 Å². The van der Waals surface area contributed by atoms with Crippen LogP contribution in [0.4, 0.5) is 10.1 Å². The Kier molecular flexibility index (Phi) is 6.86. The molecule has 4 rings (SSSR count). The minimum atomic E-state index is -0.500. The molecule has 1 aliphatic heterocycles. The van der Waals surface area contributed by atoms with Gasteiger partial charge in [0.25, 0.3) is 0 Å². The van der Waals surface area contributed by atoms with E-state index in [1.165, 1.54) is 7.11 Å². The number of hydrogen-bond acceptors (Lipinski definition) is 4. The molecule has 32 heavy (non-hydrogen) atoms. The Labute approximate surface area is 193 Å². The molecule has 0 amide bonds. The highest BCUT2D eigenvalue weighted by Gasteiger charge is 2.28. The summed E-state index contributed by atoms with van der Waals surface area (Å²) in [7, 11) is 1.36. The maximum atomic E-state index is 15.4. The van der Waals surface area contributed by atoms with Crippen LogP contribution >= 0.6 is 11.6 Å². The molecular formula is C25H30ClFN2O3. The van der Waals surface area contributed by atoms with E-state index in [0.717, 1.165) is 40.0 Å². The predicted molar refractivity (Wildman–Crippen MR) is 128 cm³/mol. The largest absolute Gasteiger partial charge is 0.469 e. The van der Waals surface area contributed by atoms with E-state index < -0.39 is 5.60 Å². The van der Waals surface area contributed by atoms with Crippen LogP contribution in [-0.4, -0.2) is 34.9 Å². The number of anilines is 1. The maximum absolute atomic E-state index is 15.4. The molecule has 172 valence electrons. The number of carbonyl (C=O) groups is 1.